The molecule has 0 aliphatic rings. The van der Waals surface area contributed by atoms with E-state index in [1.54, 1.807) is 6.92 Å². The van der Waals surface area contributed by atoms with Crippen molar-refractivity contribution in [1.82, 2.24) is 4.98 Å². The number of aldehydes is 1. The molecule has 13 heteroatoms. The van der Waals surface area contributed by atoms with Gasteiger partial charge in [-0.05, 0) is 26.3 Å². The van der Waals surface area contributed by atoms with Gasteiger partial charge in [-0.1, -0.05) is 6.42 Å². The van der Waals surface area contributed by atoms with Crippen LogP contribution < -0.4 is 11.5 Å². The Bertz CT molecular complexity index is 628. The predicted molar refractivity (Wildman–Crippen MR) is 94.7 cm³/mol. The van der Waals surface area contributed by atoms with Gasteiger partial charge in [0.25, 0.3) is 0 Å². The van der Waals surface area contributed by atoms with Crippen LogP contribution in [-0.4, -0.2) is 59.8 Å². The van der Waals surface area contributed by atoms with Crippen LogP contribution in [0.25, 0.3) is 0 Å². The number of carboxylic acid groups (broad SMARTS) is 1. The van der Waals surface area contributed by atoms with E-state index in [0.29, 0.717) is 30.5 Å². The number of hydrogen-bond donors (Lipinski definition) is 8. The number of pyridine rings is 1. The fraction of sp³-hybridized carbons (Fsp3) is 0.500. The zero-order chi connectivity index (χ0) is 21.6. The van der Waals surface area contributed by atoms with Crippen LogP contribution in [0.5, 0.6) is 5.75 Å². The minimum absolute atomic E-state index is 0.116. The van der Waals surface area contributed by atoms with Gasteiger partial charge in [-0.2, -0.15) is 0 Å². The summed E-state index contributed by atoms with van der Waals surface area (Å²) in [6.07, 6.45) is 4.05. The Morgan fingerprint density at radius 3 is 2.22 bits per heavy atom. The molecule has 0 saturated carbocycles. The van der Waals surface area contributed by atoms with Crippen LogP contribution in [0.4, 0.5) is 0 Å². The molecule has 156 valence electrons. The summed E-state index contributed by atoms with van der Waals surface area (Å²) in [6, 6.07) is -0.716. The van der Waals surface area contributed by atoms with Crippen LogP contribution in [0.3, 0.4) is 0 Å². The highest BCUT2D eigenvalue weighted by atomic mass is 31.2. The van der Waals surface area contributed by atoms with Crippen molar-refractivity contribution >= 4 is 20.1 Å². The first-order valence-electron chi connectivity index (χ1n) is 7.59. The number of aryl methyl sites for hydroxylation is 1. The molecule has 0 fully saturated rings. The highest BCUT2D eigenvalue weighted by Gasteiger charge is 2.10. The lowest BCUT2D eigenvalue weighted by molar-refractivity contribution is -0.138. The van der Waals surface area contributed by atoms with Gasteiger partial charge >= 0.3 is 13.8 Å². The average molecular weight is 411 g/mol. The topological polar surface area (TPSA) is 238 Å². The SMILES string of the molecule is Cc1ncc(CO)c(C=O)c1O.NCCCC[C@H](N)C(=O)O.O=P(O)(O)O. The minimum Gasteiger partial charge on any atom is -0.505 e. The van der Waals surface area contributed by atoms with Crippen molar-refractivity contribution in [3.63, 3.8) is 0 Å². The summed E-state index contributed by atoms with van der Waals surface area (Å²) < 4.78 is 8.88. The van der Waals surface area contributed by atoms with Gasteiger partial charge in [0.2, 0.25) is 0 Å². The highest BCUT2D eigenvalue weighted by Crippen LogP contribution is 2.25. The molecule has 0 aromatic carbocycles. The number of phosphoric acid groups is 1. The van der Waals surface area contributed by atoms with E-state index in [2.05, 4.69) is 4.98 Å². The van der Waals surface area contributed by atoms with Crippen molar-refractivity contribution in [1.29, 1.82) is 0 Å². The fourth-order valence-corrected chi connectivity index (χ4v) is 1.54. The lowest BCUT2D eigenvalue weighted by Gasteiger charge is -2.04. The van der Waals surface area contributed by atoms with E-state index in [4.69, 9.17) is 40.9 Å². The van der Waals surface area contributed by atoms with Crippen LogP contribution in [0.1, 0.15) is 40.9 Å². The summed E-state index contributed by atoms with van der Waals surface area (Å²) in [5.74, 6) is -1.09. The van der Waals surface area contributed by atoms with Crippen molar-refractivity contribution in [3.8, 4) is 5.75 Å². The van der Waals surface area contributed by atoms with E-state index in [0.717, 1.165) is 12.8 Å². The summed E-state index contributed by atoms with van der Waals surface area (Å²) in [6.45, 7) is 1.89. The molecule has 10 N–H and O–H groups in total. The molecule has 12 nitrogen and oxygen atoms in total. The van der Waals surface area contributed by atoms with E-state index in [1.165, 1.54) is 6.20 Å². The molecule has 1 aromatic rings. The maximum absolute atomic E-state index is 10.5. The smallest absolute Gasteiger partial charge is 0.466 e. The molecule has 0 aliphatic heterocycles. The Morgan fingerprint density at radius 1 is 1.33 bits per heavy atom. The zero-order valence-electron chi connectivity index (χ0n) is 14.7. The largest absolute Gasteiger partial charge is 0.505 e. The molecule has 0 spiro atoms. The predicted octanol–water partition coefficient (Wildman–Crippen LogP) is -1.00. The minimum atomic E-state index is -4.64. The fourth-order valence-electron chi connectivity index (χ4n) is 1.54. The summed E-state index contributed by atoms with van der Waals surface area (Å²) in [5.41, 5.74) is 11.3. The lowest BCUT2D eigenvalue weighted by Crippen LogP contribution is -2.29. The standard InChI is InChI=1S/C8H9NO3.C6H14N2O2.H3O4P/c1-5-8(12)7(4-11)6(3-10)2-9-5;7-4-2-1-3-5(8)6(9)10;1-5(2,3)4/h2,4,10,12H,3H2,1H3;5H,1-4,7-8H2,(H,9,10);(H3,1,2,3,4)/t;5-;/m.0./s1. The molecule has 27 heavy (non-hydrogen) atoms. The van der Waals surface area contributed by atoms with Gasteiger partial charge in [0.15, 0.2) is 6.29 Å². The van der Waals surface area contributed by atoms with Crippen molar-refractivity contribution in [2.45, 2.75) is 38.8 Å². The van der Waals surface area contributed by atoms with E-state index in [9.17, 15) is 14.7 Å². The van der Waals surface area contributed by atoms with E-state index in [-0.39, 0.29) is 17.9 Å². The van der Waals surface area contributed by atoms with Gasteiger partial charge in [-0.15, -0.1) is 0 Å². The van der Waals surface area contributed by atoms with Crippen LogP contribution in [0.15, 0.2) is 6.20 Å². The molecule has 1 rings (SSSR count). The number of aliphatic hydroxyl groups is 1. The van der Waals surface area contributed by atoms with Gasteiger partial charge < -0.3 is 41.5 Å². The second kappa shape index (κ2) is 14.2. The third-order valence-electron chi connectivity index (χ3n) is 2.93. The number of nitrogens with two attached hydrogens (primary N) is 2. The monoisotopic (exact) mass is 411 g/mol. The number of aromatic nitrogens is 1. The number of hydrogen-bond acceptors (Lipinski definition) is 8. The second-order valence-electron chi connectivity index (χ2n) is 5.15. The number of carbonyl (C=O) groups is 2. The van der Waals surface area contributed by atoms with Gasteiger partial charge in [0, 0.05) is 11.8 Å². The molecule has 0 unspecified atom stereocenters. The Hall–Kier alpha value is -1.92. The molecule has 0 amide bonds. The third kappa shape index (κ3) is 14.9. The molecule has 0 saturated heterocycles. The zero-order valence-corrected chi connectivity index (χ0v) is 15.6. The second-order valence-corrected chi connectivity index (χ2v) is 6.18. The van der Waals surface area contributed by atoms with Crippen LogP contribution in [0, 0.1) is 6.92 Å². The third-order valence-corrected chi connectivity index (χ3v) is 2.93. The van der Waals surface area contributed by atoms with Gasteiger partial charge in [0.1, 0.15) is 11.8 Å². The Kier molecular flexibility index (Phi) is 14.3. The number of aromatic hydroxyl groups is 1. The number of carboxylic acids is 1. The molecule has 0 radical (unpaired) electrons. The first-order chi connectivity index (χ1) is 12.4. The van der Waals surface area contributed by atoms with Crippen LogP contribution >= 0.6 is 7.82 Å². The van der Waals surface area contributed by atoms with Crippen molar-refractivity contribution < 1.29 is 44.2 Å². The first-order valence-corrected chi connectivity index (χ1v) is 9.15. The molecule has 1 aromatic heterocycles. The number of aliphatic carboxylic acids is 1. The number of carbonyl (C=O) groups excluding carboxylic acids is 1. The van der Waals surface area contributed by atoms with Crippen molar-refractivity contribution in [3.05, 3.63) is 23.0 Å². The molecule has 0 bridgehead atoms. The van der Waals surface area contributed by atoms with Crippen molar-refractivity contribution in [2.75, 3.05) is 6.54 Å². The molecule has 0 aliphatic carbocycles. The Labute approximate surface area is 155 Å². The average Bonchev–Trinajstić information content (AvgIpc) is 2.56. The van der Waals surface area contributed by atoms with Crippen LogP contribution in [-0.2, 0) is 16.0 Å². The normalized spacial score (nSPS) is 11.4. The van der Waals surface area contributed by atoms with E-state index < -0.39 is 19.8 Å². The number of nitrogens with zero attached hydrogens (tertiary/aromatic N) is 1. The van der Waals surface area contributed by atoms with Crippen molar-refractivity contribution in [2.24, 2.45) is 11.5 Å². The van der Waals surface area contributed by atoms with Gasteiger partial charge in [0.05, 0.1) is 17.9 Å². The lowest BCUT2D eigenvalue weighted by atomic mass is 10.1. The summed E-state index contributed by atoms with van der Waals surface area (Å²) >= 11 is 0. The van der Waals surface area contributed by atoms with E-state index in [1.807, 2.05) is 0 Å². The summed E-state index contributed by atoms with van der Waals surface area (Å²) in [5, 5.41) is 26.4. The summed E-state index contributed by atoms with van der Waals surface area (Å²) in [7, 11) is -4.64. The van der Waals surface area contributed by atoms with Gasteiger partial charge in [-0.25, -0.2) is 4.57 Å². The molecule has 1 heterocycles. The maximum atomic E-state index is 10.5. The maximum Gasteiger partial charge on any atom is 0.466 e. The molecular formula is C14H26N3O9P. The van der Waals surface area contributed by atoms with Crippen LogP contribution in [0.2, 0.25) is 0 Å². The molecule has 1 atom stereocenters. The Balaban J connectivity index is 0. The first kappa shape index (κ1) is 27.3. The van der Waals surface area contributed by atoms with E-state index >= 15 is 0 Å². The quantitative estimate of drug-likeness (QED) is 0.153. The van der Waals surface area contributed by atoms with Gasteiger partial charge in [-0.3, -0.25) is 14.6 Å². The Morgan fingerprint density at radius 2 is 1.85 bits per heavy atom. The summed E-state index contributed by atoms with van der Waals surface area (Å²) in [4.78, 5) is 45.9. The molecular weight excluding hydrogens is 385 g/mol. The highest BCUT2D eigenvalue weighted by molar-refractivity contribution is 7.45. The number of unbranched alkanes of at least 4 members (excludes halogenated alkanes) is 1. The number of rotatable bonds is 7. The number of aliphatic hydroxyl groups excluding tert-OH is 1.